The van der Waals surface area contributed by atoms with Gasteiger partial charge < -0.3 is 0 Å². The van der Waals surface area contributed by atoms with Gasteiger partial charge in [0.05, 0.1) is 0 Å². The molecule has 0 heterocycles. The molecule has 0 aliphatic carbocycles. The van der Waals surface area contributed by atoms with Crippen LogP contribution in [0.5, 0.6) is 0 Å². The standard InChI is InChI=1S/C12H36Br2FN6O3P3/c1-16(2)26(13,17(3)4,18(5)6)23-25(15,22)24-27(14,19(7)8,20(9)10)21(11)12/h1-12H3. The summed E-state index contributed by atoms with van der Waals surface area (Å²) in [5.41, 5.74) is 0. The predicted molar refractivity (Wildman–Crippen MR) is 125 cm³/mol. The molecule has 0 aliphatic rings. The number of nitrogens with zero attached hydrogens (tertiary/aromatic N) is 6. The zero-order valence-electron chi connectivity index (χ0n) is 18.4. The van der Waals surface area contributed by atoms with Crippen molar-refractivity contribution >= 4 is 50.9 Å². The van der Waals surface area contributed by atoms with Gasteiger partial charge in [0.25, 0.3) is 0 Å². The van der Waals surface area contributed by atoms with Gasteiger partial charge in [0.1, 0.15) is 0 Å². The quantitative estimate of drug-likeness (QED) is 0.346. The molecule has 0 amide bonds. The van der Waals surface area contributed by atoms with E-state index in [-0.39, 0.29) is 0 Å². The zero-order chi connectivity index (χ0) is 22.3. The van der Waals surface area contributed by atoms with Gasteiger partial charge in [-0.1, -0.05) is 0 Å². The van der Waals surface area contributed by atoms with Crippen LogP contribution in [0.15, 0.2) is 0 Å². The summed E-state index contributed by atoms with van der Waals surface area (Å²) in [6.07, 6.45) is 0. The van der Waals surface area contributed by atoms with Crippen molar-refractivity contribution in [2.75, 3.05) is 84.6 Å². The van der Waals surface area contributed by atoms with E-state index in [2.05, 4.69) is 31.0 Å². The fraction of sp³-hybridized carbons (Fsp3) is 1.00. The molecule has 0 aliphatic heterocycles. The van der Waals surface area contributed by atoms with Gasteiger partial charge in [0, 0.05) is 0 Å². The molecule has 0 radical (unpaired) electrons. The molecular formula is C12H36Br2FN6O3P3. The van der Waals surface area contributed by atoms with Gasteiger partial charge in [-0.15, -0.1) is 0 Å². The second-order valence-corrected chi connectivity index (χ2v) is 24.9. The molecule has 0 aromatic rings. The Morgan fingerprint density at radius 3 is 0.852 bits per heavy atom. The van der Waals surface area contributed by atoms with E-state index in [0.29, 0.717) is 0 Å². The fourth-order valence-electron chi connectivity index (χ4n) is 2.94. The minimum absolute atomic E-state index is 1.69. The summed E-state index contributed by atoms with van der Waals surface area (Å²) in [4.78, 5) is 0. The molecule has 0 atom stereocenters. The van der Waals surface area contributed by atoms with Gasteiger partial charge in [-0.2, -0.15) is 0 Å². The van der Waals surface area contributed by atoms with Crippen LogP contribution in [-0.4, -0.2) is 113 Å². The van der Waals surface area contributed by atoms with E-state index >= 15 is 4.20 Å². The third kappa shape index (κ3) is 4.49. The van der Waals surface area contributed by atoms with E-state index in [1.165, 1.54) is 0 Å². The average Bonchev–Trinajstić information content (AvgIpc) is 2.44. The number of halogens is 3. The molecule has 0 spiro atoms. The van der Waals surface area contributed by atoms with Crippen LogP contribution < -0.4 is 0 Å². The summed E-state index contributed by atoms with van der Waals surface area (Å²) in [6, 6.07) is 0. The van der Waals surface area contributed by atoms with E-state index < -0.39 is 19.9 Å². The Bertz CT molecular complexity index is 502. The molecule has 0 aromatic carbocycles. The van der Waals surface area contributed by atoms with Crippen LogP contribution in [0, 0.1) is 0 Å². The molecule has 0 fully saturated rings. The fourth-order valence-corrected chi connectivity index (χ4v) is 16.6. The molecule has 15 heteroatoms. The van der Waals surface area contributed by atoms with Gasteiger partial charge >= 0.3 is 181 Å². The van der Waals surface area contributed by atoms with Crippen molar-refractivity contribution in [2.24, 2.45) is 0 Å². The summed E-state index contributed by atoms with van der Waals surface area (Å²) in [5, 5.41) is 0. The van der Waals surface area contributed by atoms with Gasteiger partial charge in [-0.05, 0) is 0 Å². The number of hydrogen-bond acceptors (Lipinski definition) is 9. The maximum atomic E-state index is 15.7. The van der Waals surface area contributed by atoms with Crippen LogP contribution in [0.4, 0.5) is 4.20 Å². The van der Waals surface area contributed by atoms with Crippen molar-refractivity contribution in [1.82, 2.24) is 28.0 Å². The van der Waals surface area contributed by atoms with Crippen molar-refractivity contribution in [3.63, 3.8) is 0 Å². The van der Waals surface area contributed by atoms with Crippen molar-refractivity contribution in [2.45, 2.75) is 0 Å². The van der Waals surface area contributed by atoms with Crippen molar-refractivity contribution in [3.05, 3.63) is 0 Å². The molecule has 0 unspecified atom stereocenters. The molecule has 9 nitrogen and oxygen atoms in total. The first-order valence-electron chi connectivity index (χ1n) is 7.99. The van der Waals surface area contributed by atoms with Crippen molar-refractivity contribution in [3.8, 4) is 0 Å². The Morgan fingerprint density at radius 2 is 0.741 bits per heavy atom. The van der Waals surface area contributed by atoms with Crippen LogP contribution in [0.1, 0.15) is 0 Å². The monoisotopic (exact) mass is 582 g/mol. The normalized spacial score (nSPS) is 19.6. The van der Waals surface area contributed by atoms with Gasteiger partial charge in [-0.25, -0.2) is 0 Å². The Labute approximate surface area is 180 Å². The maximum absolute atomic E-state index is 15.7. The molecular weight excluding hydrogens is 548 g/mol. The summed E-state index contributed by atoms with van der Waals surface area (Å²) in [7, 11) is 15.6. The summed E-state index contributed by atoms with van der Waals surface area (Å²) in [5.74, 6) is -7.81. The van der Waals surface area contributed by atoms with Crippen molar-refractivity contribution < 1.29 is 17.4 Å². The second-order valence-electron chi connectivity index (χ2n) is 7.30. The molecule has 0 bridgehead atoms. The first-order chi connectivity index (χ1) is 11.7. The minimum atomic E-state index is -5.12. The SMILES string of the molecule is CN(C)P(Br)(OP(=O)(F)OP(Br)(N(C)C)(N(C)C)N(C)C)(N(C)C)N(C)C. The van der Waals surface area contributed by atoms with Crippen molar-refractivity contribution in [1.29, 1.82) is 0 Å². The summed E-state index contributed by atoms with van der Waals surface area (Å²) in [6.45, 7) is 0. The first kappa shape index (κ1) is 28.7. The molecule has 0 saturated carbocycles. The van der Waals surface area contributed by atoms with Crippen LogP contribution in [-0.2, 0) is 13.2 Å². The van der Waals surface area contributed by atoms with E-state index in [0.717, 1.165) is 0 Å². The Morgan fingerprint density at radius 1 is 0.593 bits per heavy atom. The molecule has 0 saturated heterocycles. The average molecular weight is 584 g/mol. The van der Waals surface area contributed by atoms with E-state index in [1.807, 2.05) is 0 Å². The molecule has 0 rings (SSSR count). The van der Waals surface area contributed by atoms with Crippen LogP contribution in [0.25, 0.3) is 0 Å². The molecule has 0 N–H and O–H groups in total. The van der Waals surface area contributed by atoms with E-state index in [4.69, 9.17) is 8.62 Å². The van der Waals surface area contributed by atoms with Gasteiger partial charge in [0.2, 0.25) is 0 Å². The van der Waals surface area contributed by atoms with E-state index in [1.54, 1.807) is 113 Å². The summed E-state index contributed by atoms with van der Waals surface area (Å²) >= 11 is 7.22. The number of rotatable bonds is 10. The van der Waals surface area contributed by atoms with Crippen LogP contribution >= 0.6 is 50.9 Å². The first-order valence-corrected chi connectivity index (χ1v) is 17.5. The van der Waals surface area contributed by atoms with Gasteiger partial charge in [0.15, 0.2) is 0 Å². The van der Waals surface area contributed by atoms with E-state index in [9.17, 15) is 4.57 Å². The molecule has 168 valence electrons. The summed E-state index contributed by atoms with van der Waals surface area (Å²) < 4.78 is 50.6. The topological polar surface area (TPSA) is 55.0 Å². The third-order valence-electron chi connectivity index (χ3n) is 4.51. The second kappa shape index (κ2) is 8.65. The van der Waals surface area contributed by atoms with Crippen LogP contribution in [0.3, 0.4) is 0 Å². The molecule has 0 aromatic heterocycles. The third-order valence-corrected chi connectivity index (χ3v) is 30.1. The Kier molecular flexibility index (Phi) is 9.19. The number of hydrogen-bond donors (Lipinski definition) is 0. The molecule has 27 heavy (non-hydrogen) atoms. The predicted octanol–water partition coefficient (Wildman–Crippen LogP) is 4.51. The zero-order valence-corrected chi connectivity index (χ0v) is 24.2. The van der Waals surface area contributed by atoms with Crippen LogP contribution in [0.2, 0.25) is 0 Å². The van der Waals surface area contributed by atoms with Gasteiger partial charge in [-0.3, -0.25) is 0 Å². The Hall–Kier alpha value is 1.66. The Balaban J connectivity index is 6.56.